The summed E-state index contributed by atoms with van der Waals surface area (Å²) in [6.45, 7) is 7.71. The molecule has 17 heteroatoms. The molecule has 1 aromatic heterocycles. The van der Waals surface area contributed by atoms with Crippen molar-refractivity contribution in [3.8, 4) is 16.9 Å². The Bertz CT molecular complexity index is 1940. The van der Waals surface area contributed by atoms with Crippen LogP contribution in [0, 0.1) is 5.92 Å². The zero-order chi connectivity index (χ0) is 40.2. The van der Waals surface area contributed by atoms with Crippen LogP contribution in [0.4, 0.5) is 15.3 Å². The van der Waals surface area contributed by atoms with E-state index >= 15 is 0 Å². The Kier molecular flexibility index (Phi) is 14.4. The zero-order valence-electron chi connectivity index (χ0n) is 30.7. The van der Waals surface area contributed by atoms with E-state index in [0.29, 0.717) is 35.0 Å². The Morgan fingerprint density at radius 3 is 2.33 bits per heavy atom. The number of rotatable bonds is 16. The highest BCUT2D eigenvalue weighted by atomic mass is 16.8. The molecule has 0 radical (unpaired) electrons. The third-order valence-electron chi connectivity index (χ3n) is 7.82. The van der Waals surface area contributed by atoms with Gasteiger partial charge in [0.1, 0.15) is 30.0 Å². The van der Waals surface area contributed by atoms with Crippen molar-refractivity contribution < 1.29 is 57.9 Å². The van der Waals surface area contributed by atoms with E-state index in [2.05, 4.69) is 27.2 Å². The lowest BCUT2D eigenvalue weighted by Crippen LogP contribution is -2.28. The molecule has 3 aromatic rings. The van der Waals surface area contributed by atoms with Crippen molar-refractivity contribution in [1.82, 2.24) is 10.3 Å². The van der Waals surface area contributed by atoms with E-state index in [1.54, 1.807) is 13.8 Å². The molecular formula is C38H43N5O12. The maximum atomic E-state index is 14.0. The summed E-state index contributed by atoms with van der Waals surface area (Å²) >= 11 is 0. The third-order valence-corrected chi connectivity index (χ3v) is 7.82. The number of carbonyl (C=O) groups excluding carboxylic acids is 5. The van der Waals surface area contributed by atoms with E-state index in [1.807, 2.05) is 0 Å². The summed E-state index contributed by atoms with van der Waals surface area (Å²) in [5.41, 5.74) is 6.80. The zero-order valence-corrected chi connectivity index (χ0v) is 30.7. The Hall–Kier alpha value is -6.33. The molecule has 0 saturated heterocycles. The van der Waals surface area contributed by atoms with Crippen molar-refractivity contribution in [2.24, 2.45) is 16.6 Å². The van der Waals surface area contributed by atoms with Crippen molar-refractivity contribution in [2.75, 3.05) is 32.2 Å². The van der Waals surface area contributed by atoms with Crippen LogP contribution in [0.5, 0.6) is 5.75 Å². The summed E-state index contributed by atoms with van der Waals surface area (Å²) in [5, 5.41) is 23.8. The van der Waals surface area contributed by atoms with E-state index in [9.17, 15) is 29.1 Å². The SMILES string of the molecule is C=Cc1cc(C(=O)Nc2ccc(C(N)=NC(=O)OCC(O)CO)cc2)c(-c2ccc(C(=O)NCC3CC3)nc2C(=O)OC(C)OC(=O)OC(C)C)cc1OC. The van der Waals surface area contributed by atoms with E-state index in [1.165, 1.54) is 68.6 Å². The van der Waals surface area contributed by atoms with Gasteiger partial charge in [-0.3, -0.25) is 9.59 Å². The molecule has 0 spiro atoms. The van der Waals surface area contributed by atoms with Gasteiger partial charge >= 0.3 is 18.2 Å². The lowest BCUT2D eigenvalue weighted by molar-refractivity contribution is -0.0868. The van der Waals surface area contributed by atoms with Gasteiger partial charge in [-0.25, -0.2) is 19.4 Å². The minimum Gasteiger partial charge on any atom is -0.496 e. The minimum atomic E-state index is -1.42. The molecule has 2 atom stereocenters. The minimum absolute atomic E-state index is 0.0419. The van der Waals surface area contributed by atoms with Crippen LogP contribution in [0.15, 0.2) is 60.1 Å². The normalized spacial score (nSPS) is 13.5. The fraction of sp³-hybridized carbons (Fsp3) is 0.342. The number of nitrogens with zero attached hydrogens (tertiary/aromatic N) is 2. The molecule has 292 valence electrons. The van der Waals surface area contributed by atoms with Gasteiger partial charge in [0.05, 0.1) is 19.8 Å². The summed E-state index contributed by atoms with van der Waals surface area (Å²) in [7, 11) is 1.41. The second kappa shape index (κ2) is 19.1. The Morgan fingerprint density at radius 1 is 1.00 bits per heavy atom. The number of hydrogen-bond donors (Lipinski definition) is 5. The van der Waals surface area contributed by atoms with E-state index in [-0.39, 0.29) is 33.9 Å². The maximum Gasteiger partial charge on any atom is 0.511 e. The topological polar surface area (TPSA) is 247 Å². The molecule has 0 aliphatic heterocycles. The third kappa shape index (κ3) is 11.8. The molecule has 2 unspecified atom stereocenters. The highest BCUT2D eigenvalue weighted by Gasteiger charge is 2.28. The molecule has 1 aliphatic carbocycles. The fourth-order valence-electron chi connectivity index (χ4n) is 4.88. The Balaban J connectivity index is 1.69. The van der Waals surface area contributed by atoms with Crippen molar-refractivity contribution in [3.05, 3.63) is 83.2 Å². The number of aliphatic hydroxyl groups excluding tert-OH is 2. The first kappa shape index (κ1) is 41.4. The van der Waals surface area contributed by atoms with Gasteiger partial charge < -0.3 is 50.3 Å². The van der Waals surface area contributed by atoms with Gasteiger partial charge in [0.2, 0.25) is 6.29 Å². The summed E-state index contributed by atoms with van der Waals surface area (Å²) in [6, 6.07) is 11.8. The molecule has 17 nitrogen and oxygen atoms in total. The highest BCUT2D eigenvalue weighted by Crippen LogP contribution is 2.35. The number of aliphatic hydroxyl groups is 2. The quantitative estimate of drug-likeness (QED) is 0.0455. The first-order valence-corrected chi connectivity index (χ1v) is 17.2. The number of aliphatic imine (C=N–C) groups is 1. The number of amidine groups is 1. The average Bonchev–Trinajstić information content (AvgIpc) is 3.99. The second-order valence-electron chi connectivity index (χ2n) is 12.5. The average molecular weight is 762 g/mol. The van der Waals surface area contributed by atoms with Gasteiger partial charge in [0.25, 0.3) is 11.8 Å². The van der Waals surface area contributed by atoms with E-state index < -0.39 is 61.7 Å². The van der Waals surface area contributed by atoms with Crippen LogP contribution in [-0.4, -0.2) is 96.4 Å². The number of carbonyl (C=O) groups is 5. The number of pyridine rings is 1. The standard InChI is InChI=1S/C38H43N5O12/c1-6-23-15-29(34(46)41-25-11-9-24(10-12-25)33(39)43-37(49)52-19-26(45)18-44)28(16-31(23)51-5)27-13-14-30(35(47)40-17-22-7-8-22)42-32(27)36(48)54-21(4)55-38(50)53-20(2)3/h6,9-16,20-22,26,44-45H,1,7-8,17-19H2,2-5H3,(H,40,47)(H,41,46)(H2,39,43,49). The summed E-state index contributed by atoms with van der Waals surface area (Å²) in [5.74, 6) is -1.78. The van der Waals surface area contributed by atoms with Crippen LogP contribution in [0.3, 0.4) is 0 Å². The fourth-order valence-corrected chi connectivity index (χ4v) is 4.88. The van der Waals surface area contributed by atoms with Crippen LogP contribution in [-0.2, 0) is 18.9 Å². The van der Waals surface area contributed by atoms with Crippen molar-refractivity contribution in [2.45, 2.75) is 52.1 Å². The monoisotopic (exact) mass is 761 g/mol. The lowest BCUT2D eigenvalue weighted by atomic mass is 9.94. The van der Waals surface area contributed by atoms with Crippen molar-refractivity contribution in [3.63, 3.8) is 0 Å². The summed E-state index contributed by atoms with van der Waals surface area (Å²) in [6.07, 6.45) is -1.86. The van der Waals surface area contributed by atoms with E-state index in [4.69, 9.17) is 34.5 Å². The number of amides is 3. The summed E-state index contributed by atoms with van der Waals surface area (Å²) in [4.78, 5) is 72.7. The van der Waals surface area contributed by atoms with Gasteiger partial charge in [0.15, 0.2) is 5.69 Å². The van der Waals surface area contributed by atoms with Crippen molar-refractivity contribution >= 4 is 47.6 Å². The van der Waals surface area contributed by atoms with Gasteiger partial charge in [0, 0.05) is 47.0 Å². The molecule has 2 aromatic carbocycles. The summed E-state index contributed by atoms with van der Waals surface area (Å²) < 4.78 is 25.7. The molecule has 6 N–H and O–H groups in total. The number of nitrogens with two attached hydrogens (primary N) is 1. The number of methoxy groups -OCH3 is 1. The van der Waals surface area contributed by atoms with Crippen LogP contribution in [0.25, 0.3) is 17.2 Å². The van der Waals surface area contributed by atoms with Gasteiger partial charge in [-0.15, -0.1) is 0 Å². The molecule has 55 heavy (non-hydrogen) atoms. The Labute approximate surface area is 316 Å². The number of anilines is 1. The molecule has 1 saturated carbocycles. The van der Waals surface area contributed by atoms with Crippen LogP contribution in [0.2, 0.25) is 0 Å². The molecule has 3 amide bonds. The molecular weight excluding hydrogens is 718 g/mol. The van der Waals surface area contributed by atoms with Crippen molar-refractivity contribution in [1.29, 1.82) is 0 Å². The molecule has 1 fully saturated rings. The van der Waals surface area contributed by atoms with Gasteiger partial charge in [-0.05, 0) is 81.1 Å². The first-order valence-electron chi connectivity index (χ1n) is 17.2. The number of ether oxygens (including phenoxy) is 5. The number of esters is 1. The molecule has 1 heterocycles. The molecule has 0 bridgehead atoms. The van der Waals surface area contributed by atoms with Crippen LogP contribution >= 0.6 is 0 Å². The first-order chi connectivity index (χ1) is 26.2. The maximum absolute atomic E-state index is 14.0. The van der Waals surface area contributed by atoms with Gasteiger partial charge in [-0.1, -0.05) is 12.7 Å². The van der Waals surface area contributed by atoms with Crippen LogP contribution in [0.1, 0.15) is 76.1 Å². The Morgan fingerprint density at radius 2 is 1.71 bits per heavy atom. The predicted octanol–water partition coefficient (Wildman–Crippen LogP) is 4.05. The number of hydrogen-bond acceptors (Lipinski definition) is 13. The van der Waals surface area contributed by atoms with Gasteiger partial charge in [-0.2, -0.15) is 4.99 Å². The number of aromatic nitrogens is 1. The smallest absolute Gasteiger partial charge is 0.496 e. The predicted molar refractivity (Wildman–Crippen MR) is 199 cm³/mol. The lowest BCUT2D eigenvalue weighted by Gasteiger charge is -2.18. The number of nitrogens with one attached hydrogen (secondary N) is 2. The highest BCUT2D eigenvalue weighted by molar-refractivity contribution is 6.11. The second-order valence-corrected chi connectivity index (χ2v) is 12.5. The molecule has 4 rings (SSSR count). The molecule has 1 aliphatic rings. The largest absolute Gasteiger partial charge is 0.511 e. The van der Waals surface area contributed by atoms with E-state index in [0.717, 1.165) is 12.8 Å². The van der Waals surface area contributed by atoms with Crippen LogP contribution < -0.4 is 21.1 Å². The number of benzene rings is 2.